The van der Waals surface area contributed by atoms with Crippen LogP contribution in [0.3, 0.4) is 0 Å². The number of aryl methyl sites for hydroxylation is 1. The number of rotatable bonds is 6. The van der Waals surface area contributed by atoms with E-state index >= 15 is 0 Å². The summed E-state index contributed by atoms with van der Waals surface area (Å²) in [5.74, 6) is -0.911. The van der Waals surface area contributed by atoms with E-state index in [0.717, 1.165) is 23.0 Å². The Bertz CT molecular complexity index is 623. The molecule has 0 bridgehead atoms. The minimum atomic E-state index is -0.911. The predicted molar refractivity (Wildman–Crippen MR) is 87.5 cm³/mol. The predicted octanol–water partition coefficient (Wildman–Crippen LogP) is 4.00. The number of carbonyl (C=O) groups is 1. The molecule has 0 unspecified atom stereocenters. The molecule has 0 atom stereocenters. The van der Waals surface area contributed by atoms with Gasteiger partial charge in [0.15, 0.2) is 0 Å². The van der Waals surface area contributed by atoms with Gasteiger partial charge in [-0.15, -0.1) is 0 Å². The Morgan fingerprint density at radius 3 is 2.33 bits per heavy atom. The fraction of sp³-hybridized carbons (Fsp3) is 0.235. The van der Waals surface area contributed by atoms with Gasteiger partial charge in [0.05, 0.1) is 5.56 Å². The number of hydrogen-bond donors (Lipinski definition) is 2. The standard InChI is InChI=1S/C17H18BrNO2/c1-2-12-3-5-13(6-4-12)10-19-11-15-8-7-14(17(20)21)9-16(15)18/h3-9,19H,2,10-11H2,1H3,(H,20,21). The lowest BCUT2D eigenvalue weighted by Crippen LogP contribution is -2.13. The van der Waals surface area contributed by atoms with Crippen LogP contribution in [0.1, 0.15) is 34.0 Å². The molecule has 110 valence electrons. The van der Waals surface area contributed by atoms with E-state index in [0.29, 0.717) is 12.1 Å². The second-order valence-corrected chi connectivity index (χ2v) is 5.74. The minimum absolute atomic E-state index is 0.292. The minimum Gasteiger partial charge on any atom is -0.478 e. The molecule has 0 heterocycles. The van der Waals surface area contributed by atoms with E-state index in [1.54, 1.807) is 12.1 Å². The third-order valence-corrected chi connectivity index (χ3v) is 4.11. The Hall–Kier alpha value is -1.65. The van der Waals surface area contributed by atoms with Crippen molar-refractivity contribution in [1.82, 2.24) is 5.32 Å². The summed E-state index contributed by atoms with van der Waals surface area (Å²) in [6, 6.07) is 13.7. The molecule has 2 aromatic rings. The zero-order valence-corrected chi connectivity index (χ0v) is 13.5. The molecular formula is C17H18BrNO2. The Kier molecular flexibility index (Phi) is 5.53. The van der Waals surface area contributed by atoms with Crippen LogP contribution in [-0.4, -0.2) is 11.1 Å². The molecule has 2 aromatic carbocycles. The van der Waals surface area contributed by atoms with Gasteiger partial charge in [-0.3, -0.25) is 0 Å². The lowest BCUT2D eigenvalue weighted by atomic mass is 10.1. The summed E-state index contributed by atoms with van der Waals surface area (Å²) >= 11 is 3.42. The average molecular weight is 348 g/mol. The van der Waals surface area contributed by atoms with Gasteiger partial charge < -0.3 is 10.4 Å². The van der Waals surface area contributed by atoms with E-state index in [1.807, 2.05) is 6.07 Å². The van der Waals surface area contributed by atoms with Crippen LogP contribution in [0.4, 0.5) is 0 Å². The van der Waals surface area contributed by atoms with E-state index < -0.39 is 5.97 Å². The summed E-state index contributed by atoms with van der Waals surface area (Å²) in [5.41, 5.74) is 3.92. The molecule has 0 fully saturated rings. The van der Waals surface area contributed by atoms with Crippen LogP contribution in [-0.2, 0) is 19.5 Å². The van der Waals surface area contributed by atoms with Crippen molar-refractivity contribution >= 4 is 21.9 Å². The maximum absolute atomic E-state index is 10.9. The highest BCUT2D eigenvalue weighted by atomic mass is 79.9. The van der Waals surface area contributed by atoms with Gasteiger partial charge in [-0.2, -0.15) is 0 Å². The molecule has 0 aliphatic rings. The van der Waals surface area contributed by atoms with Crippen LogP contribution < -0.4 is 5.32 Å². The maximum Gasteiger partial charge on any atom is 0.335 e. The third kappa shape index (κ3) is 4.41. The van der Waals surface area contributed by atoms with Crippen molar-refractivity contribution in [3.63, 3.8) is 0 Å². The molecule has 2 N–H and O–H groups in total. The second kappa shape index (κ2) is 7.38. The highest BCUT2D eigenvalue weighted by Gasteiger charge is 2.06. The molecule has 3 nitrogen and oxygen atoms in total. The van der Waals surface area contributed by atoms with Crippen LogP contribution in [0.15, 0.2) is 46.9 Å². The molecule has 0 saturated carbocycles. The molecule has 0 radical (unpaired) electrons. The second-order valence-electron chi connectivity index (χ2n) is 4.88. The number of hydrogen-bond acceptors (Lipinski definition) is 2. The van der Waals surface area contributed by atoms with Gasteiger partial charge in [-0.25, -0.2) is 4.79 Å². The lowest BCUT2D eigenvalue weighted by molar-refractivity contribution is 0.0697. The SMILES string of the molecule is CCc1ccc(CNCc2ccc(C(=O)O)cc2Br)cc1. The van der Waals surface area contributed by atoms with Crippen LogP contribution in [0.5, 0.6) is 0 Å². The molecule has 21 heavy (non-hydrogen) atoms. The van der Waals surface area contributed by atoms with Crippen LogP contribution >= 0.6 is 15.9 Å². The van der Waals surface area contributed by atoms with E-state index in [2.05, 4.69) is 52.4 Å². The molecule has 0 aromatic heterocycles. The van der Waals surface area contributed by atoms with Gasteiger partial charge in [-0.05, 0) is 35.2 Å². The van der Waals surface area contributed by atoms with E-state index in [1.165, 1.54) is 11.1 Å². The van der Waals surface area contributed by atoms with Crippen molar-refractivity contribution in [2.24, 2.45) is 0 Å². The van der Waals surface area contributed by atoms with Gasteiger partial charge in [0.2, 0.25) is 0 Å². The van der Waals surface area contributed by atoms with Gasteiger partial charge in [0.1, 0.15) is 0 Å². The quantitative estimate of drug-likeness (QED) is 0.830. The first-order valence-electron chi connectivity index (χ1n) is 6.90. The summed E-state index contributed by atoms with van der Waals surface area (Å²) < 4.78 is 0.816. The number of carboxylic acids is 1. The number of halogens is 1. The Labute approximate surface area is 133 Å². The number of aromatic carboxylic acids is 1. The van der Waals surface area contributed by atoms with Crippen LogP contribution in [0, 0.1) is 0 Å². The highest BCUT2D eigenvalue weighted by molar-refractivity contribution is 9.10. The van der Waals surface area contributed by atoms with Crippen LogP contribution in [0.2, 0.25) is 0 Å². The van der Waals surface area contributed by atoms with E-state index in [9.17, 15) is 4.79 Å². The molecule has 0 spiro atoms. The van der Waals surface area contributed by atoms with Gasteiger partial charge in [0.25, 0.3) is 0 Å². The van der Waals surface area contributed by atoms with Crippen molar-refractivity contribution in [1.29, 1.82) is 0 Å². The third-order valence-electron chi connectivity index (χ3n) is 3.38. The van der Waals surface area contributed by atoms with Crippen LogP contribution in [0.25, 0.3) is 0 Å². The van der Waals surface area contributed by atoms with Gasteiger partial charge >= 0.3 is 5.97 Å². The number of nitrogens with one attached hydrogen (secondary N) is 1. The largest absolute Gasteiger partial charge is 0.478 e. The normalized spacial score (nSPS) is 10.6. The molecule has 0 amide bonds. The van der Waals surface area contributed by atoms with Gasteiger partial charge in [-0.1, -0.05) is 53.2 Å². The summed E-state index contributed by atoms with van der Waals surface area (Å²) in [4.78, 5) is 10.9. The first-order valence-corrected chi connectivity index (χ1v) is 7.69. The molecule has 0 aliphatic carbocycles. The molecule has 0 saturated heterocycles. The van der Waals surface area contributed by atoms with Crippen molar-refractivity contribution in [3.8, 4) is 0 Å². The summed E-state index contributed by atoms with van der Waals surface area (Å²) in [5, 5.41) is 12.3. The van der Waals surface area contributed by atoms with Crippen molar-refractivity contribution < 1.29 is 9.90 Å². The fourth-order valence-electron chi connectivity index (χ4n) is 2.06. The first-order chi connectivity index (χ1) is 10.1. The topological polar surface area (TPSA) is 49.3 Å². The lowest BCUT2D eigenvalue weighted by Gasteiger charge is -2.08. The van der Waals surface area contributed by atoms with E-state index in [4.69, 9.17) is 5.11 Å². The Morgan fingerprint density at radius 1 is 1.10 bits per heavy atom. The summed E-state index contributed by atoms with van der Waals surface area (Å²) in [6.45, 7) is 3.62. The van der Waals surface area contributed by atoms with E-state index in [-0.39, 0.29) is 0 Å². The molecule has 4 heteroatoms. The molecular weight excluding hydrogens is 330 g/mol. The highest BCUT2D eigenvalue weighted by Crippen LogP contribution is 2.19. The zero-order chi connectivity index (χ0) is 15.2. The zero-order valence-electron chi connectivity index (χ0n) is 11.9. The summed E-state index contributed by atoms with van der Waals surface area (Å²) in [7, 11) is 0. The van der Waals surface area contributed by atoms with Crippen molar-refractivity contribution in [2.45, 2.75) is 26.4 Å². The molecule has 0 aliphatic heterocycles. The molecule has 2 rings (SSSR count). The summed E-state index contributed by atoms with van der Waals surface area (Å²) in [6.07, 6.45) is 1.05. The van der Waals surface area contributed by atoms with Crippen molar-refractivity contribution in [2.75, 3.05) is 0 Å². The number of benzene rings is 2. The van der Waals surface area contributed by atoms with Gasteiger partial charge in [0, 0.05) is 17.6 Å². The first kappa shape index (κ1) is 15.7. The monoisotopic (exact) mass is 347 g/mol. The average Bonchev–Trinajstić information content (AvgIpc) is 2.49. The fourth-order valence-corrected chi connectivity index (χ4v) is 2.58. The Balaban J connectivity index is 1.92. The maximum atomic E-state index is 10.9. The van der Waals surface area contributed by atoms with Crippen molar-refractivity contribution in [3.05, 3.63) is 69.2 Å². The Morgan fingerprint density at radius 2 is 1.76 bits per heavy atom. The smallest absolute Gasteiger partial charge is 0.335 e. The number of carboxylic acid groups (broad SMARTS) is 1.